The fraction of sp³-hybridized carbons (Fsp3) is 0.679. The van der Waals surface area contributed by atoms with Crippen LogP contribution in [-0.4, -0.2) is 102 Å². The first kappa shape index (κ1) is 27.1. The van der Waals surface area contributed by atoms with Gasteiger partial charge in [0, 0.05) is 32.7 Å². The number of aliphatic hydroxyl groups excluding tert-OH is 1. The van der Waals surface area contributed by atoms with Crippen LogP contribution in [0.5, 0.6) is 0 Å². The molecule has 4 aliphatic rings. The van der Waals surface area contributed by atoms with E-state index < -0.39 is 35.6 Å². The van der Waals surface area contributed by atoms with Crippen LogP contribution in [0.15, 0.2) is 30.3 Å². The van der Waals surface area contributed by atoms with Gasteiger partial charge in [0.1, 0.15) is 11.6 Å². The van der Waals surface area contributed by atoms with Crippen LogP contribution < -0.4 is 10.6 Å². The van der Waals surface area contributed by atoms with Gasteiger partial charge in [0.2, 0.25) is 17.7 Å². The SMILES string of the molecule is CC(C)[C@H](CO)N1C(=O)[C@@H]2[C@H](C(=O)NCc3ccccc3)[C@@H]3CCC2(O3)C1C(=O)NCCN1CCOCC1. The molecule has 3 N–H and O–H groups in total. The topological polar surface area (TPSA) is 120 Å². The predicted molar refractivity (Wildman–Crippen MR) is 139 cm³/mol. The first-order valence-corrected chi connectivity index (χ1v) is 13.9. The number of carbonyl (C=O) groups is 3. The monoisotopic (exact) mass is 528 g/mol. The summed E-state index contributed by atoms with van der Waals surface area (Å²) in [5.74, 6) is -2.27. The molecule has 4 aliphatic heterocycles. The smallest absolute Gasteiger partial charge is 0.245 e. The van der Waals surface area contributed by atoms with E-state index in [1.54, 1.807) is 4.90 Å². The number of benzene rings is 1. The third kappa shape index (κ3) is 4.83. The maximum absolute atomic E-state index is 14.1. The van der Waals surface area contributed by atoms with Crippen LogP contribution in [0.1, 0.15) is 32.3 Å². The van der Waals surface area contributed by atoms with Gasteiger partial charge in [-0.3, -0.25) is 19.3 Å². The summed E-state index contributed by atoms with van der Waals surface area (Å²) in [5.41, 5.74) is -0.0984. The first-order valence-electron chi connectivity index (χ1n) is 13.9. The molecule has 3 amide bonds. The molecule has 6 atom stereocenters. The zero-order valence-electron chi connectivity index (χ0n) is 22.3. The van der Waals surface area contributed by atoms with E-state index in [-0.39, 0.29) is 30.2 Å². The zero-order chi connectivity index (χ0) is 26.9. The Morgan fingerprint density at radius 1 is 1.13 bits per heavy atom. The van der Waals surface area contributed by atoms with Gasteiger partial charge in [-0.05, 0) is 24.3 Å². The molecule has 0 aliphatic carbocycles. The molecule has 0 radical (unpaired) electrons. The van der Waals surface area contributed by atoms with Crippen molar-refractivity contribution in [3.05, 3.63) is 35.9 Å². The minimum Gasteiger partial charge on any atom is -0.394 e. The van der Waals surface area contributed by atoms with E-state index >= 15 is 0 Å². The average Bonchev–Trinajstić information content (AvgIpc) is 3.56. The molecule has 4 heterocycles. The minimum absolute atomic E-state index is 0.0783. The molecule has 1 aromatic carbocycles. The van der Waals surface area contributed by atoms with Crippen molar-refractivity contribution in [2.45, 2.75) is 57.0 Å². The Morgan fingerprint density at radius 2 is 1.87 bits per heavy atom. The normalized spacial score (nSPS) is 31.5. The second-order valence-electron chi connectivity index (χ2n) is 11.2. The van der Waals surface area contributed by atoms with Gasteiger partial charge in [0.05, 0.1) is 43.8 Å². The van der Waals surface area contributed by atoms with E-state index in [0.29, 0.717) is 45.7 Å². The summed E-state index contributed by atoms with van der Waals surface area (Å²) in [4.78, 5) is 45.1. The largest absolute Gasteiger partial charge is 0.394 e. The molecule has 2 bridgehead atoms. The average molecular weight is 529 g/mol. The Bertz CT molecular complexity index is 1020. The molecule has 0 aromatic heterocycles. The zero-order valence-corrected chi connectivity index (χ0v) is 22.3. The number of nitrogens with one attached hydrogen (secondary N) is 2. The molecule has 1 aromatic rings. The second kappa shape index (κ2) is 11.3. The van der Waals surface area contributed by atoms with E-state index in [1.165, 1.54) is 0 Å². The maximum atomic E-state index is 14.1. The molecule has 38 heavy (non-hydrogen) atoms. The molecule has 208 valence electrons. The van der Waals surface area contributed by atoms with Crippen molar-refractivity contribution in [1.82, 2.24) is 20.4 Å². The lowest BCUT2D eigenvalue weighted by Crippen LogP contribution is -2.59. The molecule has 4 saturated heterocycles. The third-order valence-electron chi connectivity index (χ3n) is 8.74. The van der Waals surface area contributed by atoms with Gasteiger partial charge in [-0.15, -0.1) is 0 Å². The standard InChI is InChI=1S/C28H40N4O6/c1-18(2)20(17-33)32-24(26(35)29-10-11-31-12-14-37-15-13-31)28-9-8-21(38-28)22(23(28)27(32)36)25(34)30-16-19-6-4-3-5-7-19/h3-7,18,20-24,33H,8-17H2,1-2H3,(H,29,35)(H,30,34)/t20-,21-,22+,23-,24?,28?/m0/s1. The van der Waals surface area contributed by atoms with E-state index in [4.69, 9.17) is 9.47 Å². The van der Waals surface area contributed by atoms with E-state index in [2.05, 4.69) is 15.5 Å². The highest BCUT2D eigenvalue weighted by Gasteiger charge is 2.75. The molecular formula is C28H40N4O6. The van der Waals surface area contributed by atoms with Crippen molar-refractivity contribution in [3.63, 3.8) is 0 Å². The van der Waals surface area contributed by atoms with Gasteiger partial charge in [0.15, 0.2) is 0 Å². The van der Waals surface area contributed by atoms with Crippen LogP contribution in [0.4, 0.5) is 0 Å². The molecule has 10 heteroatoms. The summed E-state index contributed by atoms with van der Waals surface area (Å²) < 4.78 is 11.9. The molecule has 2 unspecified atom stereocenters. The van der Waals surface area contributed by atoms with Crippen LogP contribution in [0.25, 0.3) is 0 Å². The van der Waals surface area contributed by atoms with Crippen molar-refractivity contribution in [3.8, 4) is 0 Å². The molecular weight excluding hydrogens is 488 g/mol. The number of carbonyl (C=O) groups excluding carboxylic acids is 3. The molecule has 1 spiro atoms. The lowest BCUT2D eigenvalue weighted by Gasteiger charge is -2.38. The summed E-state index contributed by atoms with van der Waals surface area (Å²) in [5, 5.41) is 16.3. The number of morpholine rings is 1. The fourth-order valence-electron chi connectivity index (χ4n) is 6.83. The Morgan fingerprint density at radius 3 is 2.55 bits per heavy atom. The van der Waals surface area contributed by atoms with E-state index in [0.717, 1.165) is 18.7 Å². The number of fused-ring (bicyclic) bond motifs is 1. The number of likely N-dealkylation sites (tertiary alicyclic amines) is 1. The quantitative estimate of drug-likeness (QED) is 0.395. The summed E-state index contributed by atoms with van der Waals surface area (Å²) >= 11 is 0. The van der Waals surface area contributed by atoms with Crippen LogP contribution in [0, 0.1) is 17.8 Å². The lowest BCUT2D eigenvalue weighted by molar-refractivity contribution is -0.146. The number of hydrogen-bond acceptors (Lipinski definition) is 7. The number of nitrogens with zero attached hydrogens (tertiary/aromatic N) is 2. The van der Waals surface area contributed by atoms with Gasteiger partial charge in [-0.25, -0.2) is 0 Å². The van der Waals surface area contributed by atoms with Crippen molar-refractivity contribution < 1.29 is 29.0 Å². The first-order chi connectivity index (χ1) is 18.4. The van der Waals surface area contributed by atoms with Crippen LogP contribution in [0.2, 0.25) is 0 Å². The summed E-state index contributed by atoms with van der Waals surface area (Å²) in [7, 11) is 0. The Hall–Kier alpha value is -2.53. The second-order valence-corrected chi connectivity index (χ2v) is 11.2. The Kier molecular flexibility index (Phi) is 8.04. The number of amides is 3. The third-order valence-corrected chi connectivity index (χ3v) is 8.74. The van der Waals surface area contributed by atoms with Crippen molar-refractivity contribution >= 4 is 17.7 Å². The number of ether oxygens (including phenoxy) is 2. The van der Waals surface area contributed by atoms with Gasteiger partial charge < -0.3 is 30.1 Å². The minimum atomic E-state index is -1.07. The van der Waals surface area contributed by atoms with Crippen LogP contribution in [-0.2, 0) is 30.4 Å². The van der Waals surface area contributed by atoms with Crippen LogP contribution in [0.3, 0.4) is 0 Å². The van der Waals surface area contributed by atoms with Gasteiger partial charge >= 0.3 is 0 Å². The highest BCUT2D eigenvalue weighted by atomic mass is 16.5. The molecule has 5 rings (SSSR count). The Labute approximate surface area is 224 Å². The van der Waals surface area contributed by atoms with Crippen molar-refractivity contribution in [1.29, 1.82) is 0 Å². The number of rotatable bonds is 10. The summed E-state index contributed by atoms with van der Waals surface area (Å²) in [6, 6.07) is 8.19. The van der Waals surface area contributed by atoms with Gasteiger partial charge in [-0.1, -0.05) is 44.2 Å². The maximum Gasteiger partial charge on any atom is 0.245 e. The van der Waals surface area contributed by atoms with E-state index in [9.17, 15) is 19.5 Å². The van der Waals surface area contributed by atoms with Crippen LogP contribution >= 0.6 is 0 Å². The number of aliphatic hydroxyl groups is 1. The highest BCUT2D eigenvalue weighted by Crippen LogP contribution is 2.59. The van der Waals surface area contributed by atoms with Gasteiger partial charge in [-0.2, -0.15) is 0 Å². The Balaban J connectivity index is 1.36. The molecule has 0 saturated carbocycles. The number of hydrogen-bond donors (Lipinski definition) is 3. The fourth-order valence-corrected chi connectivity index (χ4v) is 6.83. The summed E-state index contributed by atoms with van der Waals surface area (Å²) in [6.45, 7) is 8.07. The van der Waals surface area contributed by atoms with Gasteiger partial charge in [0.25, 0.3) is 0 Å². The predicted octanol–water partition coefficient (Wildman–Crippen LogP) is 0.143. The van der Waals surface area contributed by atoms with Crippen molar-refractivity contribution in [2.24, 2.45) is 17.8 Å². The molecule has 10 nitrogen and oxygen atoms in total. The summed E-state index contributed by atoms with van der Waals surface area (Å²) in [6.07, 6.45) is 0.742. The molecule has 4 fully saturated rings. The highest BCUT2D eigenvalue weighted by molar-refractivity contribution is 5.99. The van der Waals surface area contributed by atoms with E-state index in [1.807, 2.05) is 44.2 Å². The van der Waals surface area contributed by atoms with Crippen molar-refractivity contribution in [2.75, 3.05) is 46.0 Å². The lowest BCUT2D eigenvalue weighted by atomic mass is 9.70.